The van der Waals surface area contributed by atoms with Crippen LogP contribution in [0.3, 0.4) is 0 Å². The Kier molecular flexibility index (Phi) is 6.65. The average Bonchev–Trinajstić information content (AvgIpc) is 3.47. The molecular formula is C29H32N4O4. The van der Waals surface area contributed by atoms with Gasteiger partial charge in [0, 0.05) is 36.2 Å². The third kappa shape index (κ3) is 5.97. The summed E-state index contributed by atoms with van der Waals surface area (Å²) >= 11 is 0. The first-order valence-electron chi connectivity index (χ1n) is 12.5. The number of rotatable bonds is 5. The number of benzene rings is 3. The molecule has 0 radical (unpaired) electrons. The second-order valence-corrected chi connectivity index (χ2v) is 10.4. The van der Waals surface area contributed by atoms with Gasteiger partial charge in [0.2, 0.25) is 0 Å². The monoisotopic (exact) mass is 500 g/mol. The van der Waals surface area contributed by atoms with Crippen LogP contribution in [0.1, 0.15) is 27.2 Å². The molecule has 0 aromatic heterocycles. The highest BCUT2D eigenvalue weighted by Crippen LogP contribution is 2.35. The minimum atomic E-state index is -0.492. The van der Waals surface area contributed by atoms with Crippen LogP contribution in [0.15, 0.2) is 78.9 Å². The molecule has 0 saturated carbocycles. The molecule has 3 aromatic rings. The summed E-state index contributed by atoms with van der Waals surface area (Å²) in [4.78, 5) is 29.2. The van der Waals surface area contributed by atoms with Crippen molar-refractivity contribution in [2.24, 2.45) is 0 Å². The molecule has 2 heterocycles. The van der Waals surface area contributed by atoms with E-state index >= 15 is 0 Å². The summed E-state index contributed by atoms with van der Waals surface area (Å²) in [6, 6.07) is 24.7. The molecule has 0 aliphatic carbocycles. The van der Waals surface area contributed by atoms with Crippen molar-refractivity contribution < 1.29 is 19.1 Å². The molecule has 2 aliphatic rings. The van der Waals surface area contributed by atoms with Crippen LogP contribution in [-0.2, 0) is 4.74 Å². The predicted molar refractivity (Wildman–Crippen MR) is 145 cm³/mol. The molecule has 2 aliphatic heterocycles. The fourth-order valence-corrected chi connectivity index (χ4v) is 4.79. The Morgan fingerprint density at radius 1 is 0.784 bits per heavy atom. The Balaban J connectivity index is 1.11. The molecular weight excluding hydrogens is 468 g/mol. The summed E-state index contributed by atoms with van der Waals surface area (Å²) in [7, 11) is 0. The summed E-state index contributed by atoms with van der Waals surface area (Å²) < 4.78 is 11.3. The molecule has 2 N–H and O–H groups in total. The summed E-state index contributed by atoms with van der Waals surface area (Å²) in [6.45, 7) is 7.11. The van der Waals surface area contributed by atoms with Gasteiger partial charge in [0.1, 0.15) is 17.1 Å². The van der Waals surface area contributed by atoms with Crippen molar-refractivity contribution in [3.05, 3.63) is 78.9 Å². The number of fused-ring (bicyclic) bond motifs is 2. The maximum Gasteiger partial charge on any atom is 0.410 e. The fourth-order valence-electron chi connectivity index (χ4n) is 4.79. The Labute approximate surface area is 217 Å². The van der Waals surface area contributed by atoms with Crippen LogP contribution in [0.25, 0.3) is 0 Å². The lowest BCUT2D eigenvalue weighted by Gasteiger charge is -2.36. The van der Waals surface area contributed by atoms with E-state index in [2.05, 4.69) is 15.5 Å². The first-order valence-corrected chi connectivity index (χ1v) is 12.5. The minimum absolute atomic E-state index is 0.160. The van der Waals surface area contributed by atoms with E-state index < -0.39 is 5.60 Å². The van der Waals surface area contributed by atoms with Gasteiger partial charge in [0.15, 0.2) is 0 Å². The number of para-hydroxylation sites is 1. The number of anilines is 3. The van der Waals surface area contributed by atoms with Crippen LogP contribution in [0.4, 0.5) is 26.7 Å². The molecule has 2 unspecified atom stereocenters. The molecule has 0 spiro atoms. The normalized spacial score (nSPS) is 18.5. The second-order valence-electron chi connectivity index (χ2n) is 10.4. The van der Waals surface area contributed by atoms with Gasteiger partial charge in [-0.3, -0.25) is 0 Å². The first-order chi connectivity index (χ1) is 17.7. The summed E-state index contributed by atoms with van der Waals surface area (Å²) in [6.07, 6.45) is 0.708. The molecule has 37 heavy (non-hydrogen) atoms. The van der Waals surface area contributed by atoms with Crippen LogP contribution >= 0.6 is 0 Å². The van der Waals surface area contributed by atoms with Crippen molar-refractivity contribution in [1.29, 1.82) is 0 Å². The van der Waals surface area contributed by atoms with Gasteiger partial charge >= 0.3 is 12.1 Å². The lowest BCUT2D eigenvalue weighted by molar-refractivity contribution is 0.0214. The van der Waals surface area contributed by atoms with Crippen LogP contribution in [0, 0.1) is 0 Å². The van der Waals surface area contributed by atoms with E-state index in [1.165, 1.54) is 0 Å². The maximum atomic E-state index is 12.5. The SMILES string of the molecule is CC(C)(C)OC(=O)N1CC2CC1CN2c1ccc(NC(=O)Nc2ccc(Oc3ccccc3)cc2)cc1. The fraction of sp³-hybridized carbons (Fsp3) is 0.310. The van der Waals surface area contributed by atoms with Gasteiger partial charge in [-0.25, -0.2) is 9.59 Å². The average molecular weight is 501 g/mol. The van der Waals surface area contributed by atoms with E-state index in [-0.39, 0.29) is 24.2 Å². The van der Waals surface area contributed by atoms with Crippen molar-refractivity contribution in [1.82, 2.24) is 4.90 Å². The van der Waals surface area contributed by atoms with Crippen molar-refractivity contribution >= 4 is 29.2 Å². The number of hydrogen-bond acceptors (Lipinski definition) is 5. The number of urea groups is 1. The Morgan fingerprint density at radius 3 is 1.95 bits per heavy atom. The van der Waals surface area contributed by atoms with Gasteiger partial charge in [-0.2, -0.15) is 0 Å². The van der Waals surface area contributed by atoms with E-state index in [9.17, 15) is 9.59 Å². The molecule has 8 nitrogen and oxygen atoms in total. The third-order valence-electron chi connectivity index (χ3n) is 6.42. The summed E-state index contributed by atoms with van der Waals surface area (Å²) in [5.74, 6) is 1.45. The molecule has 5 rings (SSSR count). The minimum Gasteiger partial charge on any atom is -0.457 e. The number of carbonyl (C=O) groups is 2. The highest BCUT2D eigenvalue weighted by atomic mass is 16.6. The largest absolute Gasteiger partial charge is 0.457 e. The number of hydrogen-bond donors (Lipinski definition) is 2. The number of likely N-dealkylation sites (tertiary alicyclic amines) is 1. The van der Waals surface area contributed by atoms with Crippen molar-refractivity contribution in [3.8, 4) is 11.5 Å². The van der Waals surface area contributed by atoms with Gasteiger partial charge < -0.3 is 29.9 Å². The second kappa shape index (κ2) is 10.0. The van der Waals surface area contributed by atoms with Gasteiger partial charge in [0.05, 0.1) is 6.04 Å². The van der Waals surface area contributed by atoms with Gasteiger partial charge in [-0.1, -0.05) is 18.2 Å². The zero-order valence-electron chi connectivity index (χ0n) is 21.3. The van der Waals surface area contributed by atoms with Gasteiger partial charge in [0.25, 0.3) is 0 Å². The van der Waals surface area contributed by atoms with Crippen LogP contribution in [0.5, 0.6) is 11.5 Å². The van der Waals surface area contributed by atoms with Crippen LogP contribution < -0.4 is 20.3 Å². The molecule has 3 amide bonds. The molecule has 2 atom stereocenters. The Hall–Kier alpha value is -4.20. The van der Waals surface area contributed by atoms with E-state index in [4.69, 9.17) is 9.47 Å². The highest BCUT2D eigenvalue weighted by molar-refractivity contribution is 5.99. The number of nitrogens with zero attached hydrogens (tertiary/aromatic N) is 2. The Bertz CT molecular complexity index is 1240. The van der Waals surface area contributed by atoms with E-state index in [1.807, 2.05) is 92.4 Å². The highest BCUT2D eigenvalue weighted by Gasteiger charge is 2.46. The van der Waals surface area contributed by atoms with E-state index in [0.717, 1.165) is 24.4 Å². The molecule has 2 bridgehead atoms. The van der Waals surface area contributed by atoms with Crippen molar-refractivity contribution in [3.63, 3.8) is 0 Å². The standard InChI is InChI=1S/C29H32N4O4/c1-29(2,3)37-28(35)33-19-23-17-24(33)18-32(23)22-13-9-20(10-14-22)30-27(34)31-21-11-15-26(16-12-21)36-25-7-5-4-6-8-25/h4-16,23-24H,17-19H2,1-3H3,(H2,30,31,34). The van der Waals surface area contributed by atoms with Crippen molar-refractivity contribution in [2.75, 3.05) is 28.6 Å². The molecule has 8 heteroatoms. The zero-order chi connectivity index (χ0) is 26.0. The van der Waals surface area contributed by atoms with Crippen molar-refractivity contribution in [2.45, 2.75) is 44.9 Å². The predicted octanol–water partition coefficient (Wildman–Crippen LogP) is 6.32. The third-order valence-corrected chi connectivity index (χ3v) is 6.42. The quantitative estimate of drug-likeness (QED) is 0.428. The lowest BCUT2D eigenvalue weighted by atomic mass is 10.2. The number of carbonyl (C=O) groups excluding carboxylic acids is 2. The molecule has 3 aromatic carbocycles. The number of amides is 3. The van der Waals surface area contributed by atoms with Gasteiger partial charge in [-0.05, 0) is 87.9 Å². The molecule has 2 saturated heterocycles. The summed E-state index contributed by atoms with van der Waals surface area (Å²) in [5.41, 5.74) is 1.95. The Morgan fingerprint density at radius 2 is 1.38 bits per heavy atom. The number of ether oxygens (including phenoxy) is 2. The number of piperazine rings is 1. The van der Waals surface area contributed by atoms with E-state index in [1.54, 1.807) is 12.1 Å². The van der Waals surface area contributed by atoms with Gasteiger partial charge in [-0.15, -0.1) is 0 Å². The first kappa shape index (κ1) is 24.5. The molecule has 2 fully saturated rings. The van der Waals surface area contributed by atoms with Crippen LogP contribution in [0.2, 0.25) is 0 Å². The van der Waals surface area contributed by atoms with E-state index in [0.29, 0.717) is 23.7 Å². The zero-order valence-corrected chi connectivity index (χ0v) is 21.3. The lowest BCUT2D eigenvalue weighted by Crippen LogP contribution is -2.50. The topological polar surface area (TPSA) is 83.1 Å². The summed E-state index contributed by atoms with van der Waals surface area (Å²) in [5, 5.41) is 5.71. The number of nitrogens with one attached hydrogen (secondary N) is 2. The smallest absolute Gasteiger partial charge is 0.410 e. The maximum absolute atomic E-state index is 12.5. The van der Waals surface area contributed by atoms with Crippen LogP contribution in [-0.4, -0.2) is 47.8 Å². The molecule has 192 valence electrons.